The summed E-state index contributed by atoms with van der Waals surface area (Å²) < 4.78 is 0. The van der Waals surface area contributed by atoms with Crippen LogP contribution < -0.4 is 5.32 Å². The number of thiazole rings is 1. The zero-order chi connectivity index (χ0) is 16.9. The standard InChI is InChI=1S/C18H24N4OS/c1-13(2)17-21-16(12-24-17)11-20-15-5-9-22(10-6-15)18(23)14-3-7-19-8-4-14/h3-4,7-8,12-13,15,20H,5-6,9-11H2,1-2H3. The summed E-state index contributed by atoms with van der Waals surface area (Å²) in [6.07, 6.45) is 5.30. The molecule has 2 aromatic rings. The van der Waals surface area contributed by atoms with Crippen molar-refractivity contribution < 1.29 is 4.79 Å². The van der Waals surface area contributed by atoms with Crippen molar-refractivity contribution in [3.8, 4) is 0 Å². The van der Waals surface area contributed by atoms with E-state index in [0.717, 1.165) is 43.7 Å². The number of likely N-dealkylation sites (tertiary alicyclic amines) is 1. The Labute approximate surface area is 147 Å². The Balaban J connectivity index is 1.46. The largest absolute Gasteiger partial charge is 0.339 e. The van der Waals surface area contributed by atoms with Crippen molar-refractivity contribution in [2.45, 2.75) is 45.2 Å². The molecule has 3 rings (SSSR count). The van der Waals surface area contributed by atoms with Crippen LogP contribution in [0.2, 0.25) is 0 Å². The van der Waals surface area contributed by atoms with E-state index in [0.29, 0.717) is 12.0 Å². The molecule has 5 nitrogen and oxygen atoms in total. The molecule has 1 N–H and O–H groups in total. The molecule has 0 bridgehead atoms. The number of hydrogen-bond donors (Lipinski definition) is 1. The molecule has 1 fully saturated rings. The number of nitrogens with zero attached hydrogens (tertiary/aromatic N) is 3. The van der Waals surface area contributed by atoms with Gasteiger partial charge in [-0.05, 0) is 25.0 Å². The molecule has 2 aromatic heterocycles. The van der Waals surface area contributed by atoms with Crippen molar-refractivity contribution in [3.63, 3.8) is 0 Å². The topological polar surface area (TPSA) is 58.1 Å². The third-order valence-corrected chi connectivity index (χ3v) is 5.54. The normalized spacial score (nSPS) is 15.9. The van der Waals surface area contributed by atoms with E-state index in [4.69, 9.17) is 0 Å². The predicted octanol–water partition coefficient (Wildman–Crippen LogP) is 3.06. The summed E-state index contributed by atoms with van der Waals surface area (Å²) in [5.74, 6) is 0.600. The highest BCUT2D eigenvalue weighted by Crippen LogP contribution is 2.20. The van der Waals surface area contributed by atoms with Crippen LogP contribution in [-0.4, -0.2) is 39.9 Å². The summed E-state index contributed by atoms with van der Waals surface area (Å²) in [5, 5.41) is 6.93. The fourth-order valence-electron chi connectivity index (χ4n) is 2.88. The molecule has 3 heterocycles. The molecule has 0 atom stereocenters. The first kappa shape index (κ1) is 17.0. The van der Waals surface area contributed by atoms with E-state index in [1.165, 1.54) is 5.01 Å². The molecule has 0 aliphatic carbocycles. The zero-order valence-electron chi connectivity index (χ0n) is 14.2. The second-order valence-electron chi connectivity index (χ2n) is 6.52. The average molecular weight is 344 g/mol. The molecule has 0 saturated carbocycles. The van der Waals surface area contributed by atoms with Gasteiger partial charge in [0.2, 0.25) is 0 Å². The Bertz CT molecular complexity index is 663. The van der Waals surface area contributed by atoms with E-state index in [9.17, 15) is 4.79 Å². The second kappa shape index (κ2) is 7.85. The molecule has 24 heavy (non-hydrogen) atoms. The van der Waals surface area contributed by atoms with Gasteiger partial charge in [-0.2, -0.15) is 0 Å². The van der Waals surface area contributed by atoms with Crippen LogP contribution in [-0.2, 0) is 6.54 Å². The minimum absolute atomic E-state index is 0.108. The highest BCUT2D eigenvalue weighted by atomic mass is 32.1. The van der Waals surface area contributed by atoms with E-state index >= 15 is 0 Å². The highest BCUT2D eigenvalue weighted by molar-refractivity contribution is 7.09. The first-order valence-corrected chi connectivity index (χ1v) is 9.38. The molecule has 1 saturated heterocycles. The van der Waals surface area contributed by atoms with Crippen molar-refractivity contribution in [1.29, 1.82) is 0 Å². The third-order valence-electron chi connectivity index (χ3n) is 4.34. The van der Waals surface area contributed by atoms with Gasteiger partial charge >= 0.3 is 0 Å². The Morgan fingerprint density at radius 2 is 2.04 bits per heavy atom. The minimum atomic E-state index is 0.108. The van der Waals surface area contributed by atoms with E-state index < -0.39 is 0 Å². The molecule has 0 spiro atoms. The minimum Gasteiger partial charge on any atom is -0.339 e. The summed E-state index contributed by atoms with van der Waals surface area (Å²) in [6, 6.07) is 4.01. The number of aromatic nitrogens is 2. The molecule has 1 amide bonds. The van der Waals surface area contributed by atoms with Crippen LogP contribution in [0.3, 0.4) is 0 Å². The van der Waals surface area contributed by atoms with Gasteiger partial charge in [-0.1, -0.05) is 13.8 Å². The second-order valence-corrected chi connectivity index (χ2v) is 7.40. The van der Waals surface area contributed by atoms with Crippen molar-refractivity contribution in [3.05, 3.63) is 46.2 Å². The van der Waals surface area contributed by atoms with Crippen LogP contribution in [0.5, 0.6) is 0 Å². The van der Waals surface area contributed by atoms with Crippen LogP contribution in [0, 0.1) is 0 Å². The maximum absolute atomic E-state index is 12.4. The van der Waals surface area contributed by atoms with Gasteiger partial charge in [-0.25, -0.2) is 4.98 Å². The molecule has 0 radical (unpaired) electrons. The molecule has 1 aliphatic heterocycles. The van der Waals surface area contributed by atoms with Crippen molar-refractivity contribution in [2.75, 3.05) is 13.1 Å². The Hall–Kier alpha value is -1.79. The van der Waals surface area contributed by atoms with Crippen molar-refractivity contribution in [1.82, 2.24) is 20.2 Å². The molecule has 0 aromatic carbocycles. The van der Waals surface area contributed by atoms with Gasteiger partial charge in [0.25, 0.3) is 5.91 Å². The number of pyridine rings is 1. The number of carbonyl (C=O) groups excluding carboxylic acids is 1. The van der Waals surface area contributed by atoms with E-state index in [-0.39, 0.29) is 5.91 Å². The molecule has 1 aliphatic rings. The Morgan fingerprint density at radius 1 is 1.33 bits per heavy atom. The summed E-state index contributed by atoms with van der Waals surface area (Å²) in [5.41, 5.74) is 1.85. The summed E-state index contributed by atoms with van der Waals surface area (Å²) >= 11 is 1.74. The SMILES string of the molecule is CC(C)c1nc(CNC2CCN(C(=O)c3ccncc3)CC2)cs1. The number of piperidine rings is 1. The number of rotatable bonds is 5. The summed E-state index contributed by atoms with van der Waals surface area (Å²) in [7, 11) is 0. The van der Waals surface area contributed by atoms with Crippen molar-refractivity contribution >= 4 is 17.2 Å². The van der Waals surface area contributed by atoms with Crippen LogP contribution in [0.25, 0.3) is 0 Å². The van der Waals surface area contributed by atoms with Gasteiger partial charge in [0.05, 0.1) is 10.7 Å². The Morgan fingerprint density at radius 3 is 2.67 bits per heavy atom. The van der Waals surface area contributed by atoms with Gasteiger partial charge in [0.15, 0.2) is 0 Å². The number of amides is 1. The fraction of sp³-hybridized carbons (Fsp3) is 0.500. The number of carbonyl (C=O) groups is 1. The highest BCUT2D eigenvalue weighted by Gasteiger charge is 2.23. The number of nitrogens with one attached hydrogen (secondary N) is 1. The average Bonchev–Trinajstić information content (AvgIpc) is 3.10. The van der Waals surface area contributed by atoms with Gasteiger partial charge in [0, 0.05) is 54.9 Å². The lowest BCUT2D eigenvalue weighted by Crippen LogP contribution is -2.44. The molecular formula is C18H24N4OS. The first-order valence-electron chi connectivity index (χ1n) is 8.50. The molecular weight excluding hydrogens is 320 g/mol. The predicted molar refractivity (Wildman–Crippen MR) is 96.2 cm³/mol. The smallest absolute Gasteiger partial charge is 0.253 e. The van der Waals surface area contributed by atoms with Crippen LogP contribution in [0.1, 0.15) is 53.7 Å². The zero-order valence-corrected chi connectivity index (χ0v) is 15.1. The summed E-state index contributed by atoms with van der Waals surface area (Å²) in [4.78, 5) is 23.0. The Kier molecular flexibility index (Phi) is 5.58. The maximum atomic E-state index is 12.4. The van der Waals surface area contributed by atoms with Crippen molar-refractivity contribution in [2.24, 2.45) is 0 Å². The van der Waals surface area contributed by atoms with E-state index in [1.807, 2.05) is 4.90 Å². The van der Waals surface area contributed by atoms with Gasteiger partial charge in [0.1, 0.15) is 0 Å². The first-order chi connectivity index (χ1) is 11.6. The van der Waals surface area contributed by atoms with Gasteiger partial charge < -0.3 is 10.2 Å². The van der Waals surface area contributed by atoms with Gasteiger partial charge in [-0.3, -0.25) is 9.78 Å². The quantitative estimate of drug-likeness (QED) is 0.906. The van der Waals surface area contributed by atoms with Crippen LogP contribution in [0.4, 0.5) is 0 Å². The lowest BCUT2D eigenvalue weighted by Gasteiger charge is -2.32. The lowest BCUT2D eigenvalue weighted by atomic mass is 10.0. The fourth-order valence-corrected chi connectivity index (χ4v) is 3.72. The molecule has 0 unspecified atom stereocenters. The van der Waals surface area contributed by atoms with Crippen LogP contribution in [0.15, 0.2) is 29.9 Å². The molecule has 128 valence electrons. The third kappa shape index (κ3) is 4.19. The van der Waals surface area contributed by atoms with E-state index in [2.05, 4.69) is 34.5 Å². The molecule has 6 heteroatoms. The maximum Gasteiger partial charge on any atom is 0.253 e. The van der Waals surface area contributed by atoms with Crippen LogP contribution >= 0.6 is 11.3 Å². The van der Waals surface area contributed by atoms with Gasteiger partial charge in [-0.15, -0.1) is 11.3 Å². The number of hydrogen-bond acceptors (Lipinski definition) is 5. The lowest BCUT2D eigenvalue weighted by molar-refractivity contribution is 0.0704. The monoisotopic (exact) mass is 344 g/mol. The summed E-state index contributed by atoms with van der Waals surface area (Å²) in [6.45, 7) is 6.75. The van der Waals surface area contributed by atoms with E-state index in [1.54, 1.807) is 35.9 Å².